The predicted octanol–water partition coefficient (Wildman–Crippen LogP) is 4.80. The molecule has 3 aromatic carbocycles. The van der Waals surface area contributed by atoms with Crippen LogP contribution in [0.3, 0.4) is 0 Å². The highest BCUT2D eigenvalue weighted by Gasteiger charge is 2.34. The fraction of sp³-hybridized carbons (Fsp3) is 0.333. The number of nitrogens with zero attached hydrogens (tertiary/aromatic N) is 2. The Morgan fingerprint density at radius 2 is 1.53 bits per heavy atom. The first-order chi connectivity index (χ1) is 16.6. The molecule has 0 spiro atoms. The van der Waals surface area contributed by atoms with Gasteiger partial charge >= 0.3 is 0 Å². The number of likely N-dealkylation sites (tertiary alicyclic amines) is 1. The smallest absolute Gasteiger partial charge is 0.264 e. The van der Waals surface area contributed by atoms with Crippen molar-refractivity contribution in [3.63, 3.8) is 0 Å². The maximum Gasteiger partial charge on any atom is 0.264 e. The van der Waals surface area contributed by atoms with Gasteiger partial charge in [0.1, 0.15) is 6.10 Å². The molecule has 1 atom stereocenters. The zero-order valence-corrected chi connectivity index (χ0v) is 20.2. The average Bonchev–Trinajstić information content (AvgIpc) is 3.31. The van der Waals surface area contributed by atoms with Crippen LogP contribution in [0.25, 0.3) is 11.1 Å². The highest BCUT2D eigenvalue weighted by molar-refractivity contribution is 7.93. The van der Waals surface area contributed by atoms with Gasteiger partial charge in [0.05, 0.1) is 17.7 Å². The molecule has 2 heterocycles. The maximum atomic E-state index is 13.4. The van der Waals surface area contributed by atoms with E-state index >= 15 is 0 Å². The van der Waals surface area contributed by atoms with Gasteiger partial charge in [-0.15, -0.1) is 0 Å². The van der Waals surface area contributed by atoms with Crippen LogP contribution in [0, 0.1) is 0 Å². The lowest BCUT2D eigenvalue weighted by Gasteiger charge is -2.32. The van der Waals surface area contributed by atoms with Crippen LogP contribution < -0.4 is 13.8 Å². The van der Waals surface area contributed by atoms with Gasteiger partial charge in [-0.05, 0) is 50.1 Å². The van der Waals surface area contributed by atoms with E-state index < -0.39 is 10.0 Å². The van der Waals surface area contributed by atoms with Gasteiger partial charge in [0, 0.05) is 30.8 Å². The molecule has 34 heavy (non-hydrogen) atoms. The lowest BCUT2D eigenvalue weighted by Crippen LogP contribution is -2.35. The van der Waals surface area contributed by atoms with Crippen molar-refractivity contribution in [2.75, 3.05) is 37.6 Å². The first-order valence-corrected chi connectivity index (χ1v) is 13.2. The molecule has 0 aliphatic carbocycles. The Bertz CT molecular complexity index is 1260. The molecule has 0 amide bonds. The predicted molar refractivity (Wildman–Crippen MR) is 134 cm³/mol. The summed E-state index contributed by atoms with van der Waals surface area (Å²) in [5.41, 5.74) is 2.53. The number of unbranched alkanes of at least 4 members (excludes halogenated alkanes) is 1. The zero-order valence-electron chi connectivity index (χ0n) is 19.4. The Morgan fingerprint density at radius 1 is 0.853 bits per heavy atom. The van der Waals surface area contributed by atoms with Gasteiger partial charge in [-0.2, -0.15) is 0 Å². The van der Waals surface area contributed by atoms with E-state index in [1.807, 2.05) is 60.7 Å². The third-order valence-corrected chi connectivity index (χ3v) is 8.47. The van der Waals surface area contributed by atoms with Crippen molar-refractivity contribution in [1.82, 2.24) is 4.90 Å². The van der Waals surface area contributed by atoms with Gasteiger partial charge in [0.15, 0.2) is 11.5 Å². The second kappa shape index (κ2) is 9.68. The molecule has 2 aliphatic rings. The number of hydrogen-bond acceptors (Lipinski definition) is 5. The fourth-order valence-electron chi connectivity index (χ4n) is 4.90. The third kappa shape index (κ3) is 4.38. The van der Waals surface area contributed by atoms with Gasteiger partial charge in [-0.3, -0.25) is 9.21 Å². The summed E-state index contributed by atoms with van der Waals surface area (Å²) < 4.78 is 39.9. The SMILES string of the molecule is COc1ccccc1OC1CCN(CCCCN2c3ccccc3-c3ccccc3S2(=O)=O)C1. The van der Waals surface area contributed by atoms with E-state index in [0.717, 1.165) is 67.2 Å². The molecule has 0 bridgehead atoms. The Morgan fingerprint density at radius 3 is 2.35 bits per heavy atom. The van der Waals surface area contributed by atoms with E-state index in [4.69, 9.17) is 9.47 Å². The highest BCUT2D eigenvalue weighted by atomic mass is 32.2. The first kappa shape index (κ1) is 22.7. The average molecular weight is 479 g/mol. The van der Waals surface area contributed by atoms with Crippen LogP contribution in [0.4, 0.5) is 5.69 Å². The summed E-state index contributed by atoms with van der Waals surface area (Å²) in [6.45, 7) is 3.26. The molecular formula is C27H30N2O4S. The molecule has 0 N–H and O–H groups in total. The molecule has 6 nitrogen and oxygen atoms in total. The lowest BCUT2D eigenvalue weighted by atomic mass is 10.0. The van der Waals surface area contributed by atoms with E-state index in [-0.39, 0.29) is 6.10 Å². The van der Waals surface area contributed by atoms with Gasteiger partial charge in [0.25, 0.3) is 10.0 Å². The number of fused-ring (bicyclic) bond motifs is 3. The van der Waals surface area contributed by atoms with E-state index in [0.29, 0.717) is 11.4 Å². The summed E-state index contributed by atoms with van der Waals surface area (Å²) in [7, 11) is -1.90. The largest absolute Gasteiger partial charge is 0.493 e. The Balaban J connectivity index is 1.18. The van der Waals surface area contributed by atoms with Crippen LogP contribution >= 0.6 is 0 Å². The summed E-state index contributed by atoms with van der Waals surface area (Å²) in [4.78, 5) is 2.79. The number of ether oxygens (including phenoxy) is 2. The van der Waals surface area contributed by atoms with Gasteiger partial charge < -0.3 is 9.47 Å². The van der Waals surface area contributed by atoms with Crippen LogP contribution in [0.2, 0.25) is 0 Å². The number of sulfonamides is 1. The monoisotopic (exact) mass is 478 g/mol. The van der Waals surface area contributed by atoms with Crippen molar-refractivity contribution in [2.45, 2.75) is 30.3 Å². The number of anilines is 1. The molecule has 3 aromatic rings. The minimum atomic E-state index is -3.56. The van der Waals surface area contributed by atoms with Crippen LogP contribution in [-0.2, 0) is 10.0 Å². The van der Waals surface area contributed by atoms with E-state index in [1.54, 1.807) is 23.5 Å². The Kier molecular flexibility index (Phi) is 6.48. The van der Waals surface area contributed by atoms with Crippen LogP contribution in [0.5, 0.6) is 11.5 Å². The van der Waals surface area contributed by atoms with Crippen LogP contribution in [0.1, 0.15) is 19.3 Å². The number of benzene rings is 3. The van der Waals surface area contributed by atoms with Crippen LogP contribution in [-0.4, -0.2) is 52.7 Å². The summed E-state index contributed by atoms with van der Waals surface area (Å²) in [5.74, 6) is 1.54. The Labute approximate surface area is 201 Å². The molecule has 0 radical (unpaired) electrons. The Hall–Kier alpha value is -3.03. The minimum absolute atomic E-state index is 0.141. The third-order valence-electron chi connectivity index (χ3n) is 6.60. The number of rotatable bonds is 8. The molecule has 2 aliphatic heterocycles. The van der Waals surface area contributed by atoms with E-state index in [9.17, 15) is 8.42 Å². The fourth-order valence-corrected chi connectivity index (χ4v) is 6.64. The zero-order chi connectivity index (χ0) is 23.5. The maximum absolute atomic E-state index is 13.4. The molecule has 5 rings (SSSR count). The normalized spacial score (nSPS) is 18.9. The molecule has 0 aromatic heterocycles. The van der Waals surface area contributed by atoms with E-state index in [1.165, 1.54) is 0 Å². The number of hydrogen-bond donors (Lipinski definition) is 0. The summed E-state index contributed by atoms with van der Waals surface area (Å²) in [6, 6.07) is 22.8. The molecule has 1 saturated heterocycles. The molecule has 1 fully saturated rings. The lowest BCUT2D eigenvalue weighted by molar-refractivity contribution is 0.192. The van der Waals surface area contributed by atoms with Crippen molar-refractivity contribution in [3.8, 4) is 22.6 Å². The number of methoxy groups -OCH3 is 1. The second-order valence-electron chi connectivity index (χ2n) is 8.78. The summed E-state index contributed by atoms with van der Waals surface area (Å²) >= 11 is 0. The van der Waals surface area contributed by atoms with Gasteiger partial charge in [0.2, 0.25) is 0 Å². The van der Waals surface area contributed by atoms with Crippen molar-refractivity contribution < 1.29 is 17.9 Å². The standard InChI is InChI=1S/C27H30N2O4S/c1-32-25-13-5-6-14-26(25)33-21-16-19-28(20-21)17-8-9-18-29-24-12-4-2-10-22(24)23-11-3-7-15-27(23)34(29,30)31/h2-7,10-15,21H,8-9,16-20H2,1H3. The topological polar surface area (TPSA) is 59.1 Å². The molecule has 178 valence electrons. The van der Waals surface area contributed by atoms with Crippen molar-refractivity contribution in [2.24, 2.45) is 0 Å². The molecule has 0 saturated carbocycles. The number of para-hydroxylation sites is 3. The summed E-state index contributed by atoms with van der Waals surface area (Å²) in [6.07, 6.45) is 2.84. The van der Waals surface area contributed by atoms with E-state index in [2.05, 4.69) is 4.90 Å². The second-order valence-corrected chi connectivity index (χ2v) is 10.6. The van der Waals surface area contributed by atoms with Gasteiger partial charge in [-0.25, -0.2) is 8.42 Å². The molecule has 1 unspecified atom stereocenters. The molecular weight excluding hydrogens is 448 g/mol. The minimum Gasteiger partial charge on any atom is -0.493 e. The van der Waals surface area contributed by atoms with Crippen molar-refractivity contribution in [1.29, 1.82) is 0 Å². The van der Waals surface area contributed by atoms with Crippen molar-refractivity contribution in [3.05, 3.63) is 72.8 Å². The molecule has 7 heteroatoms. The summed E-state index contributed by atoms with van der Waals surface area (Å²) in [5, 5.41) is 0. The first-order valence-electron chi connectivity index (χ1n) is 11.8. The quantitative estimate of drug-likeness (QED) is 0.435. The van der Waals surface area contributed by atoms with Gasteiger partial charge in [-0.1, -0.05) is 48.5 Å². The highest BCUT2D eigenvalue weighted by Crippen LogP contribution is 2.42. The van der Waals surface area contributed by atoms with Crippen LogP contribution in [0.15, 0.2) is 77.7 Å². The van der Waals surface area contributed by atoms with Crippen molar-refractivity contribution >= 4 is 15.7 Å².